The van der Waals surface area contributed by atoms with Crippen LogP contribution in [0.25, 0.3) is 0 Å². The molecule has 150 valence electrons. The van der Waals surface area contributed by atoms with Gasteiger partial charge in [0.25, 0.3) is 5.91 Å². The molecule has 29 heavy (non-hydrogen) atoms. The molecule has 0 saturated carbocycles. The van der Waals surface area contributed by atoms with Crippen LogP contribution in [0.15, 0.2) is 66.9 Å². The van der Waals surface area contributed by atoms with E-state index in [9.17, 15) is 4.79 Å². The van der Waals surface area contributed by atoms with Gasteiger partial charge in [0.2, 0.25) is 0 Å². The molecule has 1 atom stereocenters. The van der Waals surface area contributed by atoms with Crippen LogP contribution in [0.1, 0.15) is 41.8 Å². The SMILES string of the molecule is CCC(C)Cc1cccc(Oc2ccc(CNC(=O)c3cccnc3N)cc2)c1. The van der Waals surface area contributed by atoms with Gasteiger partial charge in [-0.1, -0.05) is 44.5 Å². The first-order valence-corrected chi connectivity index (χ1v) is 9.89. The highest BCUT2D eigenvalue weighted by molar-refractivity contribution is 5.98. The number of nitrogens with two attached hydrogens (primary N) is 1. The number of aromatic nitrogens is 1. The molecular weight excluding hydrogens is 362 g/mol. The summed E-state index contributed by atoms with van der Waals surface area (Å²) in [5.74, 6) is 2.23. The number of carbonyl (C=O) groups excluding carboxylic acids is 1. The highest BCUT2D eigenvalue weighted by Crippen LogP contribution is 2.24. The zero-order chi connectivity index (χ0) is 20.6. The number of nitrogens with zero attached hydrogens (tertiary/aromatic N) is 1. The number of rotatable bonds is 8. The number of amides is 1. The van der Waals surface area contributed by atoms with Crippen molar-refractivity contribution < 1.29 is 9.53 Å². The van der Waals surface area contributed by atoms with E-state index in [0.29, 0.717) is 18.0 Å². The zero-order valence-corrected chi connectivity index (χ0v) is 16.9. The average molecular weight is 389 g/mol. The van der Waals surface area contributed by atoms with Crippen LogP contribution in [0.4, 0.5) is 5.82 Å². The lowest BCUT2D eigenvalue weighted by molar-refractivity contribution is 0.0951. The monoisotopic (exact) mass is 389 g/mol. The third kappa shape index (κ3) is 5.82. The minimum atomic E-state index is -0.242. The van der Waals surface area contributed by atoms with Crippen molar-refractivity contribution in [2.45, 2.75) is 33.2 Å². The molecule has 3 rings (SSSR count). The molecule has 1 unspecified atom stereocenters. The third-order valence-electron chi connectivity index (χ3n) is 4.87. The van der Waals surface area contributed by atoms with E-state index in [1.165, 1.54) is 5.56 Å². The quantitative estimate of drug-likeness (QED) is 0.570. The second-order valence-electron chi connectivity index (χ2n) is 7.23. The first-order chi connectivity index (χ1) is 14.0. The molecular formula is C24H27N3O2. The maximum atomic E-state index is 12.2. The number of nitrogens with one attached hydrogen (secondary N) is 1. The molecule has 0 bridgehead atoms. The lowest BCUT2D eigenvalue weighted by Crippen LogP contribution is -2.24. The van der Waals surface area contributed by atoms with Gasteiger partial charge in [-0.05, 0) is 59.9 Å². The van der Waals surface area contributed by atoms with E-state index in [1.54, 1.807) is 18.3 Å². The fraction of sp³-hybridized carbons (Fsp3) is 0.250. The van der Waals surface area contributed by atoms with Gasteiger partial charge in [-0.3, -0.25) is 4.79 Å². The number of pyridine rings is 1. The molecule has 0 aliphatic carbocycles. The van der Waals surface area contributed by atoms with Crippen molar-refractivity contribution in [1.82, 2.24) is 10.3 Å². The topological polar surface area (TPSA) is 77.2 Å². The van der Waals surface area contributed by atoms with E-state index in [4.69, 9.17) is 10.5 Å². The normalized spacial score (nSPS) is 11.7. The Labute approximate surface area is 171 Å². The number of hydrogen-bond acceptors (Lipinski definition) is 4. The Kier molecular flexibility index (Phi) is 6.85. The molecule has 1 aromatic heterocycles. The molecule has 5 heteroatoms. The molecule has 2 aromatic carbocycles. The number of hydrogen-bond donors (Lipinski definition) is 2. The largest absolute Gasteiger partial charge is 0.457 e. The average Bonchev–Trinajstić information content (AvgIpc) is 2.73. The van der Waals surface area contributed by atoms with Crippen molar-refractivity contribution in [1.29, 1.82) is 0 Å². The Balaban J connectivity index is 1.57. The van der Waals surface area contributed by atoms with Crippen LogP contribution in [0.3, 0.4) is 0 Å². The Bertz CT molecular complexity index is 954. The minimum absolute atomic E-state index is 0.226. The predicted octanol–water partition coefficient (Wildman–Crippen LogP) is 4.97. The molecule has 1 amide bonds. The predicted molar refractivity (Wildman–Crippen MR) is 116 cm³/mol. The molecule has 0 aliphatic rings. The molecule has 5 nitrogen and oxygen atoms in total. The molecule has 0 fully saturated rings. The Hall–Kier alpha value is -3.34. The van der Waals surface area contributed by atoms with E-state index in [-0.39, 0.29) is 11.7 Å². The van der Waals surface area contributed by atoms with Crippen molar-refractivity contribution in [3.05, 3.63) is 83.6 Å². The van der Waals surface area contributed by atoms with Gasteiger partial charge in [0.05, 0.1) is 5.56 Å². The standard InChI is InChI=1S/C24H27N3O2/c1-3-17(2)14-19-6-4-7-21(15-19)29-20-11-9-18(10-12-20)16-27-24(28)22-8-5-13-26-23(22)25/h4-13,15,17H,3,14,16H2,1-2H3,(H2,25,26)(H,27,28). The molecule has 0 aliphatic heterocycles. The third-order valence-corrected chi connectivity index (χ3v) is 4.87. The second kappa shape index (κ2) is 9.73. The molecule has 0 saturated heterocycles. The number of anilines is 1. The van der Waals surface area contributed by atoms with Crippen LogP contribution in [0.5, 0.6) is 11.5 Å². The van der Waals surface area contributed by atoms with Crippen LogP contribution in [0, 0.1) is 5.92 Å². The molecule has 0 radical (unpaired) electrons. The summed E-state index contributed by atoms with van der Waals surface area (Å²) in [6.45, 7) is 4.87. The number of carbonyl (C=O) groups is 1. The van der Waals surface area contributed by atoms with Gasteiger partial charge >= 0.3 is 0 Å². The Morgan fingerprint density at radius 3 is 2.59 bits per heavy atom. The summed E-state index contributed by atoms with van der Waals surface area (Å²) < 4.78 is 5.99. The molecule has 3 aromatic rings. The van der Waals surface area contributed by atoms with E-state index < -0.39 is 0 Å². The minimum Gasteiger partial charge on any atom is -0.457 e. The van der Waals surface area contributed by atoms with Crippen molar-refractivity contribution in [3.8, 4) is 11.5 Å². The number of nitrogen functional groups attached to an aromatic ring is 1. The van der Waals surface area contributed by atoms with Crippen molar-refractivity contribution in [2.75, 3.05) is 5.73 Å². The molecule has 3 N–H and O–H groups in total. The second-order valence-corrected chi connectivity index (χ2v) is 7.23. The summed E-state index contributed by atoms with van der Waals surface area (Å²) in [5.41, 5.74) is 8.37. The first-order valence-electron chi connectivity index (χ1n) is 9.89. The van der Waals surface area contributed by atoms with E-state index in [1.807, 2.05) is 36.4 Å². The van der Waals surface area contributed by atoms with Gasteiger partial charge in [-0.2, -0.15) is 0 Å². The van der Waals surface area contributed by atoms with E-state index >= 15 is 0 Å². The van der Waals surface area contributed by atoms with Crippen LogP contribution in [0.2, 0.25) is 0 Å². The fourth-order valence-corrected chi connectivity index (χ4v) is 2.98. The molecule has 0 spiro atoms. The van der Waals surface area contributed by atoms with Gasteiger partial charge in [0.15, 0.2) is 0 Å². The summed E-state index contributed by atoms with van der Waals surface area (Å²) in [6.07, 6.45) is 3.77. The highest BCUT2D eigenvalue weighted by Gasteiger charge is 2.09. The number of benzene rings is 2. The Morgan fingerprint density at radius 2 is 1.86 bits per heavy atom. The van der Waals surface area contributed by atoms with Crippen LogP contribution < -0.4 is 15.8 Å². The van der Waals surface area contributed by atoms with E-state index in [2.05, 4.69) is 36.3 Å². The van der Waals surface area contributed by atoms with E-state index in [0.717, 1.165) is 29.9 Å². The van der Waals surface area contributed by atoms with Gasteiger partial charge in [-0.25, -0.2) is 4.98 Å². The van der Waals surface area contributed by atoms with Crippen LogP contribution in [-0.2, 0) is 13.0 Å². The maximum Gasteiger partial charge on any atom is 0.255 e. The highest BCUT2D eigenvalue weighted by atomic mass is 16.5. The van der Waals surface area contributed by atoms with Crippen molar-refractivity contribution in [2.24, 2.45) is 5.92 Å². The lowest BCUT2D eigenvalue weighted by atomic mass is 9.99. The van der Waals surface area contributed by atoms with Crippen LogP contribution in [-0.4, -0.2) is 10.9 Å². The van der Waals surface area contributed by atoms with Crippen molar-refractivity contribution >= 4 is 11.7 Å². The first kappa shape index (κ1) is 20.4. The summed E-state index contributed by atoms with van der Waals surface area (Å²) in [4.78, 5) is 16.2. The summed E-state index contributed by atoms with van der Waals surface area (Å²) in [5, 5.41) is 2.86. The van der Waals surface area contributed by atoms with Gasteiger partial charge in [0, 0.05) is 12.7 Å². The molecule has 1 heterocycles. The summed E-state index contributed by atoms with van der Waals surface area (Å²) in [6, 6.07) is 19.3. The Morgan fingerprint density at radius 1 is 1.07 bits per heavy atom. The van der Waals surface area contributed by atoms with Crippen LogP contribution >= 0.6 is 0 Å². The summed E-state index contributed by atoms with van der Waals surface area (Å²) >= 11 is 0. The zero-order valence-electron chi connectivity index (χ0n) is 16.9. The van der Waals surface area contributed by atoms with Gasteiger partial charge < -0.3 is 15.8 Å². The summed E-state index contributed by atoms with van der Waals surface area (Å²) in [7, 11) is 0. The lowest BCUT2D eigenvalue weighted by Gasteiger charge is -2.11. The smallest absolute Gasteiger partial charge is 0.255 e. The van der Waals surface area contributed by atoms with Crippen molar-refractivity contribution in [3.63, 3.8) is 0 Å². The van der Waals surface area contributed by atoms with Gasteiger partial charge in [0.1, 0.15) is 17.3 Å². The maximum absolute atomic E-state index is 12.2. The number of ether oxygens (including phenoxy) is 1. The fourth-order valence-electron chi connectivity index (χ4n) is 2.98. The van der Waals surface area contributed by atoms with Gasteiger partial charge in [-0.15, -0.1) is 0 Å².